The number of halogens is 3. The number of aryl methyl sites for hydroxylation is 2. The van der Waals surface area contributed by atoms with Crippen molar-refractivity contribution in [3.8, 4) is 17.0 Å². The van der Waals surface area contributed by atoms with Gasteiger partial charge in [0, 0.05) is 43.4 Å². The number of rotatable bonds is 3. The Balaban J connectivity index is 0.000000486. The number of phenols is 1. The van der Waals surface area contributed by atoms with Gasteiger partial charge in [-0.25, -0.2) is 4.98 Å². The van der Waals surface area contributed by atoms with E-state index in [9.17, 15) is 23.1 Å². The highest BCUT2D eigenvalue weighted by atomic mass is 19.4. The van der Waals surface area contributed by atoms with E-state index in [0.717, 1.165) is 63.1 Å². The van der Waals surface area contributed by atoms with Crippen LogP contribution in [0.5, 0.6) is 5.75 Å². The first kappa shape index (κ1) is 23.9. The maximum Gasteiger partial charge on any atom is 0.416 e. The van der Waals surface area contributed by atoms with Crippen LogP contribution in [0, 0.1) is 19.8 Å². The van der Waals surface area contributed by atoms with Crippen LogP contribution in [-0.2, 0) is 11.0 Å². The molecule has 8 nitrogen and oxygen atoms in total. The van der Waals surface area contributed by atoms with Gasteiger partial charge in [-0.1, -0.05) is 0 Å². The van der Waals surface area contributed by atoms with Crippen LogP contribution in [-0.4, -0.2) is 69.1 Å². The normalized spacial score (nSPS) is 16.9. The number of aromatic nitrogens is 4. The fourth-order valence-corrected chi connectivity index (χ4v) is 3.77. The van der Waals surface area contributed by atoms with E-state index >= 15 is 0 Å². The minimum atomic E-state index is -4.53. The van der Waals surface area contributed by atoms with Crippen molar-refractivity contribution in [2.24, 2.45) is 5.92 Å². The molecule has 5 rings (SSSR count). The van der Waals surface area contributed by atoms with E-state index < -0.39 is 17.5 Å². The van der Waals surface area contributed by atoms with Gasteiger partial charge in [0.1, 0.15) is 12.0 Å². The number of likely N-dealkylation sites (N-methyl/N-ethyl adjacent to an activating group) is 1. The maximum atomic E-state index is 13.0. The first-order valence-corrected chi connectivity index (χ1v) is 11.1. The van der Waals surface area contributed by atoms with Crippen molar-refractivity contribution in [2.75, 3.05) is 38.1 Å². The van der Waals surface area contributed by atoms with Crippen LogP contribution in [0.15, 0.2) is 18.2 Å². The fraction of sp³-hybridized carbons (Fsp3) is 0.478. The zero-order valence-electron chi connectivity index (χ0n) is 19.3. The van der Waals surface area contributed by atoms with Crippen LogP contribution in [0.2, 0.25) is 0 Å². The average Bonchev–Trinajstić information content (AvgIpc) is 3.51. The number of phenolic OH excluding ortho intramolecular Hbond substituents is 1. The lowest BCUT2D eigenvalue weighted by Crippen LogP contribution is -2.45. The molecule has 0 amide bonds. The molecule has 3 aromatic rings. The predicted molar refractivity (Wildman–Crippen MR) is 121 cm³/mol. The fourth-order valence-electron chi connectivity index (χ4n) is 3.77. The molecule has 3 heterocycles. The summed E-state index contributed by atoms with van der Waals surface area (Å²) in [6.07, 6.45) is -1.22. The van der Waals surface area contributed by atoms with Gasteiger partial charge >= 0.3 is 6.18 Å². The van der Waals surface area contributed by atoms with Gasteiger partial charge in [-0.3, -0.25) is 0 Å². The quantitative estimate of drug-likeness (QED) is 0.579. The first-order chi connectivity index (χ1) is 16.1. The number of piperazine rings is 1. The highest BCUT2D eigenvalue weighted by Gasteiger charge is 2.32. The Kier molecular flexibility index (Phi) is 6.48. The second-order valence-electron chi connectivity index (χ2n) is 8.86. The molecule has 2 aliphatic rings. The molecular weight excluding hydrogens is 449 g/mol. The lowest BCUT2D eigenvalue weighted by Gasteiger charge is -2.31. The summed E-state index contributed by atoms with van der Waals surface area (Å²) in [7, 11) is 2.06. The molecule has 0 unspecified atom stereocenters. The number of carbonyl (C=O) groups excluding carboxylic acids is 1. The molecule has 1 saturated carbocycles. The first-order valence-electron chi connectivity index (χ1n) is 11.1. The predicted octanol–water partition coefficient (Wildman–Crippen LogP) is 3.48. The van der Waals surface area contributed by atoms with Gasteiger partial charge < -0.3 is 19.7 Å². The van der Waals surface area contributed by atoms with Crippen LogP contribution >= 0.6 is 0 Å². The summed E-state index contributed by atoms with van der Waals surface area (Å²) in [6, 6.07) is 3.42. The molecule has 1 aliphatic carbocycles. The Morgan fingerprint density at radius 1 is 1.06 bits per heavy atom. The molecule has 2 fully saturated rings. The number of alkyl halides is 3. The van der Waals surface area contributed by atoms with Crippen LogP contribution < -0.4 is 4.90 Å². The number of aromatic hydroxyl groups is 1. The third-order valence-corrected chi connectivity index (χ3v) is 5.98. The van der Waals surface area contributed by atoms with Crippen LogP contribution in [0.4, 0.5) is 19.1 Å². The van der Waals surface area contributed by atoms with E-state index in [4.69, 9.17) is 0 Å². The molecule has 0 bridgehead atoms. The highest BCUT2D eigenvalue weighted by Crippen LogP contribution is 2.38. The smallest absolute Gasteiger partial charge is 0.416 e. The zero-order valence-corrected chi connectivity index (χ0v) is 19.3. The third kappa shape index (κ3) is 5.14. The van der Waals surface area contributed by atoms with Crippen LogP contribution in [0.25, 0.3) is 17.0 Å². The topological polar surface area (TPSA) is 86.9 Å². The Hall–Kier alpha value is -3.21. The Bertz CT molecular complexity index is 1170. The number of carbonyl (C=O) groups is 1. The average molecular weight is 477 g/mol. The SMILES string of the molecule is Cc1cc(C(F)(F)F)cc(O)c1-c1cc(C)n2nc(N3CCN(C)CC3)nc2n1.O=CC1CC1. The number of aldehydes is 1. The number of anilines is 1. The van der Waals surface area contributed by atoms with Gasteiger partial charge in [0.15, 0.2) is 0 Å². The number of fused-ring (bicyclic) bond motifs is 1. The Morgan fingerprint density at radius 2 is 1.74 bits per heavy atom. The lowest BCUT2D eigenvalue weighted by molar-refractivity contribution is -0.137. The van der Waals surface area contributed by atoms with Gasteiger partial charge in [-0.2, -0.15) is 22.7 Å². The minimum Gasteiger partial charge on any atom is -0.507 e. The van der Waals surface area contributed by atoms with Crippen molar-refractivity contribution in [2.45, 2.75) is 32.9 Å². The molecule has 0 spiro atoms. The second-order valence-corrected chi connectivity index (χ2v) is 8.86. The van der Waals surface area contributed by atoms with E-state index in [0.29, 0.717) is 23.3 Å². The molecular formula is C23H27F3N6O2. The van der Waals surface area contributed by atoms with E-state index in [-0.39, 0.29) is 11.1 Å². The molecule has 1 aliphatic heterocycles. The third-order valence-electron chi connectivity index (χ3n) is 5.98. The number of benzene rings is 1. The molecule has 2 aromatic heterocycles. The maximum absolute atomic E-state index is 13.0. The minimum absolute atomic E-state index is 0.257. The van der Waals surface area contributed by atoms with Crippen LogP contribution in [0.1, 0.15) is 29.7 Å². The van der Waals surface area contributed by atoms with E-state index in [1.807, 2.05) is 6.92 Å². The summed E-state index contributed by atoms with van der Waals surface area (Å²) in [6.45, 7) is 6.76. The van der Waals surface area contributed by atoms with Gasteiger partial charge in [-0.05, 0) is 57.5 Å². The molecule has 0 radical (unpaired) electrons. The van der Waals surface area contributed by atoms with Crippen molar-refractivity contribution in [3.05, 3.63) is 35.0 Å². The summed E-state index contributed by atoms with van der Waals surface area (Å²) >= 11 is 0. The largest absolute Gasteiger partial charge is 0.507 e. The van der Waals surface area contributed by atoms with Crippen molar-refractivity contribution >= 4 is 18.0 Å². The van der Waals surface area contributed by atoms with E-state index in [2.05, 4.69) is 31.9 Å². The standard InChI is InChI=1S/C19H21F3N6O.C4H6O/c1-11-8-13(19(20,21)22)10-15(29)16(11)14-9-12(2)28-17(23-14)24-18(25-28)27-6-4-26(3)5-7-27;5-3-4-1-2-4/h8-10,29H,4-7H2,1-3H3;3-4H,1-2H2. The molecule has 182 valence electrons. The second kappa shape index (κ2) is 9.21. The van der Waals surface area contributed by atoms with Gasteiger partial charge in [0.05, 0.1) is 11.3 Å². The summed E-state index contributed by atoms with van der Waals surface area (Å²) < 4.78 is 40.6. The van der Waals surface area contributed by atoms with Gasteiger partial charge in [0.25, 0.3) is 5.78 Å². The molecule has 11 heteroatoms. The van der Waals surface area contributed by atoms with Gasteiger partial charge in [-0.15, -0.1) is 5.10 Å². The number of hydrogen-bond acceptors (Lipinski definition) is 7. The van der Waals surface area contributed by atoms with Gasteiger partial charge in [0.2, 0.25) is 5.95 Å². The molecule has 1 aromatic carbocycles. The van der Waals surface area contributed by atoms with Crippen molar-refractivity contribution < 1.29 is 23.1 Å². The molecule has 0 atom stereocenters. The molecule has 34 heavy (non-hydrogen) atoms. The molecule has 1 saturated heterocycles. The van der Waals surface area contributed by atoms with Crippen molar-refractivity contribution in [3.63, 3.8) is 0 Å². The highest BCUT2D eigenvalue weighted by molar-refractivity contribution is 5.72. The Labute approximate surface area is 195 Å². The summed E-state index contributed by atoms with van der Waals surface area (Å²) in [5.41, 5.74) is 0.724. The number of nitrogens with zero attached hydrogens (tertiary/aromatic N) is 6. The van der Waals surface area contributed by atoms with E-state index in [1.165, 1.54) is 6.92 Å². The number of hydrogen-bond donors (Lipinski definition) is 1. The lowest BCUT2D eigenvalue weighted by atomic mass is 10.00. The van der Waals surface area contributed by atoms with E-state index in [1.54, 1.807) is 10.6 Å². The van der Waals surface area contributed by atoms with Crippen molar-refractivity contribution in [1.82, 2.24) is 24.5 Å². The van der Waals surface area contributed by atoms with Crippen molar-refractivity contribution in [1.29, 1.82) is 0 Å². The van der Waals surface area contributed by atoms with Crippen LogP contribution in [0.3, 0.4) is 0 Å². The summed E-state index contributed by atoms with van der Waals surface area (Å²) in [5, 5.41) is 14.8. The summed E-state index contributed by atoms with van der Waals surface area (Å²) in [5.74, 6) is 0.897. The Morgan fingerprint density at radius 3 is 2.26 bits per heavy atom. The monoisotopic (exact) mass is 476 g/mol. The summed E-state index contributed by atoms with van der Waals surface area (Å²) in [4.78, 5) is 22.8. The zero-order chi connectivity index (χ0) is 24.6. The molecule has 1 N–H and O–H groups in total.